The van der Waals surface area contributed by atoms with Crippen molar-refractivity contribution >= 4 is 29.3 Å². The van der Waals surface area contributed by atoms with E-state index < -0.39 is 0 Å². The van der Waals surface area contributed by atoms with Crippen molar-refractivity contribution in [1.29, 1.82) is 0 Å². The van der Waals surface area contributed by atoms with Gasteiger partial charge in [-0.15, -0.1) is 10.2 Å². The van der Waals surface area contributed by atoms with E-state index in [0.29, 0.717) is 22.6 Å². The maximum Gasteiger partial charge on any atom is 0.233 e. The summed E-state index contributed by atoms with van der Waals surface area (Å²) in [6.45, 7) is 6.69. The van der Waals surface area contributed by atoms with Gasteiger partial charge in [-0.2, -0.15) is 0 Å². The lowest BCUT2D eigenvalue weighted by molar-refractivity contribution is -0.120. The molecule has 1 atom stereocenters. The summed E-state index contributed by atoms with van der Waals surface area (Å²) in [5, 5.41) is 12.5. The molecule has 7 heteroatoms. The van der Waals surface area contributed by atoms with Crippen LogP contribution in [0.4, 0.5) is 0 Å². The van der Waals surface area contributed by atoms with Crippen molar-refractivity contribution in [2.24, 2.45) is 13.0 Å². The van der Waals surface area contributed by atoms with Crippen LogP contribution in [0.2, 0.25) is 5.02 Å². The van der Waals surface area contributed by atoms with Crippen LogP contribution in [0.15, 0.2) is 29.4 Å². The lowest BCUT2D eigenvalue weighted by Crippen LogP contribution is -2.33. The molecule has 1 unspecified atom stereocenters. The number of carbonyl (C=O) groups excluding carboxylic acids is 1. The zero-order valence-corrected chi connectivity index (χ0v) is 15.3. The van der Waals surface area contributed by atoms with Crippen LogP contribution in [-0.2, 0) is 11.8 Å². The van der Waals surface area contributed by atoms with Crippen LogP contribution in [0.3, 0.4) is 0 Å². The molecule has 0 aliphatic heterocycles. The van der Waals surface area contributed by atoms with Crippen LogP contribution in [0.5, 0.6) is 0 Å². The van der Waals surface area contributed by atoms with Gasteiger partial charge in [0.05, 0.1) is 5.25 Å². The molecule has 0 bridgehead atoms. The average molecular weight is 353 g/mol. The van der Waals surface area contributed by atoms with Crippen LogP contribution in [0.25, 0.3) is 11.4 Å². The summed E-state index contributed by atoms with van der Waals surface area (Å²) in [6, 6.07) is 7.44. The molecule has 0 saturated carbocycles. The van der Waals surface area contributed by atoms with E-state index in [-0.39, 0.29) is 11.2 Å². The third-order valence-electron chi connectivity index (χ3n) is 3.27. The van der Waals surface area contributed by atoms with Crippen molar-refractivity contribution in [3.8, 4) is 11.4 Å². The Morgan fingerprint density at radius 3 is 2.52 bits per heavy atom. The molecule has 1 aromatic carbocycles. The molecule has 2 rings (SSSR count). The molecule has 0 spiro atoms. The third kappa shape index (κ3) is 4.72. The molecular formula is C16H21ClN4OS. The van der Waals surface area contributed by atoms with E-state index in [9.17, 15) is 4.79 Å². The second kappa shape index (κ2) is 7.84. The highest BCUT2D eigenvalue weighted by Crippen LogP contribution is 2.26. The van der Waals surface area contributed by atoms with Crippen LogP contribution in [-0.4, -0.2) is 32.5 Å². The first-order chi connectivity index (χ1) is 10.9. The van der Waals surface area contributed by atoms with E-state index in [2.05, 4.69) is 29.4 Å². The number of aromatic nitrogens is 3. The number of benzene rings is 1. The van der Waals surface area contributed by atoms with Crippen LogP contribution in [0, 0.1) is 5.92 Å². The Morgan fingerprint density at radius 1 is 1.26 bits per heavy atom. The van der Waals surface area contributed by atoms with Gasteiger partial charge in [0.25, 0.3) is 0 Å². The molecule has 0 saturated heterocycles. The van der Waals surface area contributed by atoms with Gasteiger partial charge in [0.1, 0.15) is 0 Å². The molecule has 0 radical (unpaired) electrons. The maximum absolute atomic E-state index is 12.1. The number of hydrogen-bond donors (Lipinski definition) is 1. The van der Waals surface area contributed by atoms with Crippen molar-refractivity contribution in [2.45, 2.75) is 31.2 Å². The van der Waals surface area contributed by atoms with Crippen molar-refractivity contribution in [3.05, 3.63) is 29.3 Å². The molecule has 5 nitrogen and oxygen atoms in total. The summed E-state index contributed by atoms with van der Waals surface area (Å²) in [5.41, 5.74) is 0.938. The lowest BCUT2D eigenvalue weighted by Gasteiger charge is -2.13. The predicted octanol–water partition coefficient (Wildman–Crippen LogP) is 3.39. The Morgan fingerprint density at radius 2 is 1.91 bits per heavy atom. The molecule has 1 amide bonds. The van der Waals surface area contributed by atoms with Gasteiger partial charge in [-0.25, -0.2) is 0 Å². The van der Waals surface area contributed by atoms with Gasteiger partial charge in [0.2, 0.25) is 5.91 Å². The molecule has 1 aromatic heterocycles. The highest BCUT2D eigenvalue weighted by molar-refractivity contribution is 8.00. The molecule has 0 aliphatic rings. The minimum atomic E-state index is -0.227. The molecule has 1 heterocycles. The molecule has 1 N–H and O–H groups in total. The number of nitrogens with zero attached hydrogens (tertiary/aromatic N) is 3. The number of rotatable bonds is 6. The second-order valence-corrected chi connectivity index (χ2v) is 7.52. The van der Waals surface area contributed by atoms with Gasteiger partial charge in [-0.1, -0.05) is 37.2 Å². The van der Waals surface area contributed by atoms with Gasteiger partial charge >= 0.3 is 0 Å². The highest BCUT2D eigenvalue weighted by atomic mass is 35.5. The van der Waals surface area contributed by atoms with E-state index in [4.69, 9.17) is 11.6 Å². The molecule has 2 aromatic rings. The summed E-state index contributed by atoms with van der Waals surface area (Å²) in [5.74, 6) is 1.20. The highest BCUT2D eigenvalue weighted by Gasteiger charge is 2.19. The minimum absolute atomic E-state index is 0.0137. The van der Waals surface area contributed by atoms with Crippen molar-refractivity contribution in [3.63, 3.8) is 0 Å². The number of nitrogens with one attached hydrogen (secondary N) is 1. The topological polar surface area (TPSA) is 59.8 Å². The largest absolute Gasteiger partial charge is 0.355 e. The fraction of sp³-hybridized carbons (Fsp3) is 0.438. The molecular weight excluding hydrogens is 332 g/mol. The number of thioether (sulfide) groups is 1. The number of amides is 1. The minimum Gasteiger partial charge on any atom is -0.355 e. The standard InChI is InChI=1S/C16H21ClN4OS/c1-10(2)9-18-15(22)11(3)23-16-20-19-14(21(16)4)12-5-7-13(17)8-6-12/h5-8,10-11H,9H2,1-4H3,(H,18,22). The quantitative estimate of drug-likeness (QED) is 0.809. The fourth-order valence-electron chi connectivity index (χ4n) is 1.93. The van der Waals surface area contributed by atoms with Crippen molar-refractivity contribution in [1.82, 2.24) is 20.1 Å². The molecule has 23 heavy (non-hydrogen) atoms. The Bertz CT molecular complexity index is 669. The lowest BCUT2D eigenvalue weighted by atomic mass is 10.2. The van der Waals surface area contributed by atoms with E-state index in [0.717, 1.165) is 11.4 Å². The summed E-state index contributed by atoms with van der Waals surface area (Å²) in [6.07, 6.45) is 0. The maximum atomic E-state index is 12.1. The Kier molecular flexibility index (Phi) is 6.07. The number of carbonyl (C=O) groups is 1. The normalized spacial score (nSPS) is 12.4. The fourth-order valence-corrected chi connectivity index (χ4v) is 2.89. The monoisotopic (exact) mass is 352 g/mol. The number of halogens is 1. The molecule has 0 fully saturated rings. The Balaban J connectivity index is 2.07. The summed E-state index contributed by atoms with van der Waals surface area (Å²) in [4.78, 5) is 12.1. The molecule has 124 valence electrons. The van der Waals surface area contributed by atoms with E-state index >= 15 is 0 Å². The average Bonchev–Trinajstić information content (AvgIpc) is 2.86. The first-order valence-electron chi connectivity index (χ1n) is 7.48. The summed E-state index contributed by atoms with van der Waals surface area (Å²) in [7, 11) is 1.89. The Labute approximate surface area is 145 Å². The SMILES string of the molecule is CC(C)CNC(=O)C(C)Sc1nnc(-c2ccc(Cl)cc2)n1C. The smallest absolute Gasteiger partial charge is 0.233 e. The van der Waals surface area contributed by atoms with Gasteiger partial charge in [0, 0.05) is 24.2 Å². The predicted molar refractivity (Wildman–Crippen MR) is 94.6 cm³/mol. The van der Waals surface area contributed by atoms with Crippen LogP contribution < -0.4 is 5.32 Å². The molecule has 0 aliphatic carbocycles. The van der Waals surface area contributed by atoms with Crippen LogP contribution >= 0.6 is 23.4 Å². The van der Waals surface area contributed by atoms with Gasteiger partial charge in [0.15, 0.2) is 11.0 Å². The van der Waals surface area contributed by atoms with Crippen molar-refractivity contribution in [2.75, 3.05) is 6.54 Å². The van der Waals surface area contributed by atoms with Crippen molar-refractivity contribution < 1.29 is 4.79 Å². The summed E-state index contributed by atoms with van der Waals surface area (Å²) < 4.78 is 1.89. The first-order valence-corrected chi connectivity index (χ1v) is 8.74. The number of hydrogen-bond acceptors (Lipinski definition) is 4. The first kappa shape index (κ1) is 17.8. The van der Waals surface area contributed by atoms with Gasteiger partial charge < -0.3 is 9.88 Å². The summed E-state index contributed by atoms with van der Waals surface area (Å²) >= 11 is 7.31. The van der Waals surface area contributed by atoms with Gasteiger partial charge in [-0.3, -0.25) is 4.79 Å². The zero-order valence-electron chi connectivity index (χ0n) is 13.7. The van der Waals surface area contributed by atoms with Crippen LogP contribution in [0.1, 0.15) is 20.8 Å². The third-order valence-corrected chi connectivity index (χ3v) is 4.66. The van der Waals surface area contributed by atoms with E-state index in [1.165, 1.54) is 11.8 Å². The zero-order chi connectivity index (χ0) is 17.0. The Hall–Kier alpha value is -1.53. The second-order valence-electron chi connectivity index (χ2n) is 5.77. The van der Waals surface area contributed by atoms with E-state index in [1.807, 2.05) is 42.8 Å². The van der Waals surface area contributed by atoms with Gasteiger partial charge in [-0.05, 0) is 37.1 Å². The van der Waals surface area contributed by atoms with E-state index in [1.54, 1.807) is 0 Å².